The van der Waals surface area contributed by atoms with Gasteiger partial charge in [-0.2, -0.15) is 14.0 Å². The van der Waals surface area contributed by atoms with E-state index < -0.39 is 10.2 Å². The van der Waals surface area contributed by atoms with E-state index in [0.29, 0.717) is 5.78 Å². The molecule has 7 heteroatoms. The van der Waals surface area contributed by atoms with Crippen molar-refractivity contribution in [1.29, 1.82) is 0 Å². The summed E-state index contributed by atoms with van der Waals surface area (Å²) in [6, 6.07) is 10.6. The molecule has 0 unspecified atom stereocenters. The van der Waals surface area contributed by atoms with Crippen molar-refractivity contribution in [2.45, 2.75) is 45.1 Å². The molecule has 1 fully saturated rings. The third kappa shape index (κ3) is 12.1. The molecule has 0 spiro atoms. The fourth-order valence-corrected chi connectivity index (χ4v) is 2.57. The molecule has 0 radical (unpaired) electrons. The van der Waals surface area contributed by atoms with Gasteiger partial charge in [-0.25, -0.2) is 0 Å². The third-order valence-corrected chi connectivity index (χ3v) is 3.61. The highest BCUT2D eigenvalue weighted by molar-refractivity contribution is 5.78. The molecule has 1 aliphatic rings. The molecular formula is C16H24ClNO5. The topological polar surface area (TPSA) is 110 Å². The van der Waals surface area contributed by atoms with Gasteiger partial charge < -0.3 is 0 Å². The van der Waals surface area contributed by atoms with Gasteiger partial charge in [-0.15, -0.1) is 0 Å². The van der Waals surface area contributed by atoms with Crippen LogP contribution in [0.15, 0.2) is 30.3 Å². The summed E-state index contributed by atoms with van der Waals surface area (Å²) in [6.07, 6.45) is 6.09. The Morgan fingerprint density at radius 1 is 0.957 bits per heavy atom. The number of benzene rings is 1. The van der Waals surface area contributed by atoms with E-state index in [1.165, 1.54) is 24.9 Å². The minimum absolute atomic E-state index is 0.455. The molecule has 23 heavy (non-hydrogen) atoms. The summed E-state index contributed by atoms with van der Waals surface area (Å²) in [4.78, 5) is 14.0. The van der Waals surface area contributed by atoms with Gasteiger partial charge in [-0.1, -0.05) is 36.8 Å². The van der Waals surface area contributed by atoms with E-state index in [0.717, 1.165) is 38.8 Å². The second-order valence-corrected chi connectivity index (χ2v) is 6.40. The predicted octanol–water partition coefficient (Wildman–Crippen LogP) is -0.712. The Labute approximate surface area is 139 Å². The smallest absolute Gasteiger partial charge is 0.132 e. The van der Waals surface area contributed by atoms with Crippen molar-refractivity contribution in [2.24, 2.45) is 0 Å². The highest BCUT2D eigenvalue weighted by Gasteiger charge is 2.10. The van der Waals surface area contributed by atoms with Crippen molar-refractivity contribution in [2.75, 3.05) is 13.1 Å². The number of carbonyl (C=O) groups is 1. The standard InChI is InChI=1S/C16H23NO.ClHO4/c18-16-10-5-2-6-12-17(13-7-11-16)14-15-8-3-1-4-9-15;2-1(3,4)5/h1,3-4,8-9H,2,5-7,10-14H2;(H,2,3,4,5). The SMILES string of the molecule is O=C1CCCCCN(Cc2ccccc2)CCC1.[O-][Cl+3]([O-])([O-])O. The molecule has 0 bridgehead atoms. The van der Waals surface area contributed by atoms with Gasteiger partial charge in [0.1, 0.15) is 5.78 Å². The molecule has 1 saturated heterocycles. The summed E-state index contributed by atoms with van der Waals surface area (Å²) >= 11 is 0. The van der Waals surface area contributed by atoms with Crippen LogP contribution in [0.25, 0.3) is 0 Å². The molecule has 1 heterocycles. The lowest BCUT2D eigenvalue weighted by atomic mass is 10.1. The minimum Gasteiger partial charge on any atom is -0.300 e. The van der Waals surface area contributed by atoms with Gasteiger partial charge in [0.05, 0.1) is 14.9 Å². The monoisotopic (exact) mass is 345 g/mol. The number of nitrogens with zero attached hydrogens (tertiary/aromatic N) is 1. The number of rotatable bonds is 2. The van der Waals surface area contributed by atoms with Gasteiger partial charge in [0.15, 0.2) is 0 Å². The fourth-order valence-electron chi connectivity index (χ4n) is 2.57. The summed E-state index contributed by atoms with van der Waals surface area (Å²) in [6.45, 7) is 3.25. The van der Waals surface area contributed by atoms with E-state index in [-0.39, 0.29) is 0 Å². The number of ketones is 1. The number of hydrogen-bond acceptors (Lipinski definition) is 6. The van der Waals surface area contributed by atoms with Crippen molar-refractivity contribution < 1.29 is 33.7 Å². The molecule has 0 saturated carbocycles. The number of Topliss-reactive ketones (excluding diaryl/α,β-unsaturated/α-hetero) is 1. The van der Waals surface area contributed by atoms with Crippen LogP contribution >= 0.6 is 0 Å². The van der Waals surface area contributed by atoms with E-state index in [2.05, 4.69) is 35.2 Å². The number of halogens is 1. The lowest BCUT2D eigenvalue weighted by Gasteiger charge is -2.23. The summed E-state index contributed by atoms with van der Waals surface area (Å²) in [5.74, 6) is 0.455. The normalized spacial score (nSPS) is 18.0. The zero-order chi connectivity index (χ0) is 17.1. The lowest BCUT2D eigenvalue weighted by molar-refractivity contribution is -1.92. The van der Waals surface area contributed by atoms with E-state index in [9.17, 15) is 4.79 Å². The van der Waals surface area contributed by atoms with Gasteiger partial charge in [0.25, 0.3) is 0 Å². The van der Waals surface area contributed by atoms with E-state index >= 15 is 0 Å². The van der Waals surface area contributed by atoms with Crippen molar-refractivity contribution >= 4 is 5.78 Å². The molecule has 6 nitrogen and oxygen atoms in total. The van der Waals surface area contributed by atoms with E-state index in [1.54, 1.807) is 0 Å². The molecule has 1 aliphatic heterocycles. The van der Waals surface area contributed by atoms with Crippen molar-refractivity contribution in [1.82, 2.24) is 4.90 Å². The lowest BCUT2D eigenvalue weighted by Crippen LogP contribution is -2.58. The molecule has 1 aromatic carbocycles. The van der Waals surface area contributed by atoms with Crippen LogP contribution in [0.1, 0.15) is 44.1 Å². The van der Waals surface area contributed by atoms with Crippen molar-refractivity contribution in [3.05, 3.63) is 35.9 Å². The first-order chi connectivity index (χ1) is 10.8. The second-order valence-electron chi connectivity index (χ2n) is 5.61. The van der Waals surface area contributed by atoms with Gasteiger partial charge in [-0.05, 0) is 37.9 Å². The molecule has 1 aromatic rings. The van der Waals surface area contributed by atoms with Gasteiger partial charge in [0, 0.05) is 19.4 Å². The molecule has 0 aliphatic carbocycles. The molecule has 0 amide bonds. The molecule has 1 N–H and O–H groups in total. The van der Waals surface area contributed by atoms with Crippen LogP contribution in [0.3, 0.4) is 0 Å². The van der Waals surface area contributed by atoms with Crippen LogP contribution in [0.5, 0.6) is 0 Å². The Morgan fingerprint density at radius 2 is 1.52 bits per heavy atom. The maximum absolute atomic E-state index is 11.5. The van der Waals surface area contributed by atoms with Crippen molar-refractivity contribution in [3.63, 3.8) is 0 Å². The Kier molecular flexibility index (Phi) is 9.31. The van der Waals surface area contributed by atoms with E-state index in [4.69, 9.17) is 18.6 Å². The fraction of sp³-hybridized carbons (Fsp3) is 0.562. The average Bonchev–Trinajstić information content (AvgIpc) is 2.46. The summed E-state index contributed by atoms with van der Waals surface area (Å²) in [5, 5.41) is 0. The highest BCUT2D eigenvalue weighted by Crippen LogP contribution is 2.12. The maximum atomic E-state index is 11.5. The summed E-state index contributed by atoms with van der Waals surface area (Å²) in [7, 11) is -4.69. The Morgan fingerprint density at radius 3 is 2.17 bits per heavy atom. The van der Waals surface area contributed by atoms with Crippen molar-refractivity contribution in [3.8, 4) is 0 Å². The Balaban J connectivity index is 0.000000463. The van der Waals surface area contributed by atoms with Gasteiger partial charge >= 0.3 is 0 Å². The second kappa shape index (κ2) is 10.7. The van der Waals surface area contributed by atoms with Gasteiger partial charge in [0.2, 0.25) is 0 Å². The molecule has 0 aromatic heterocycles. The first kappa shape index (κ1) is 20.0. The molecular weight excluding hydrogens is 322 g/mol. The predicted molar refractivity (Wildman–Crippen MR) is 76.6 cm³/mol. The quantitative estimate of drug-likeness (QED) is 0.758. The minimum atomic E-state index is -4.69. The van der Waals surface area contributed by atoms with Crippen LogP contribution in [-0.2, 0) is 11.3 Å². The molecule has 0 atom stereocenters. The maximum Gasteiger partial charge on any atom is 0.132 e. The van der Waals surface area contributed by atoms with Crippen LogP contribution in [-0.4, -0.2) is 28.4 Å². The van der Waals surface area contributed by atoms with Crippen LogP contribution < -0.4 is 14.0 Å². The van der Waals surface area contributed by atoms with Crippen LogP contribution in [0.4, 0.5) is 0 Å². The highest BCUT2D eigenvalue weighted by atomic mass is 35.7. The average molecular weight is 346 g/mol. The molecule has 2 rings (SSSR count). The summed E-state index contributed by atoms with van der Waals surface area (Å²) in [5.41, 5.74) is 1.38. The zero-order valence-electron chi connectivity index (χ0n) is 13.2. The molecule has 130 valence electrons. The summed E-state index contributed by atoms with van der Waals surface area (Å²) < 4.78 is 32.7. The third-order valence-electron chi connectivity index (χ3n) is 3.61. The first-order valence-corrected chi connectivity index (χ1v) is 9.02. The Hall–Kier alpha value is -1.02. The largest absolute Gasteiger partial charge is 0.300 e. The van der Waals surface area contributed by atoms with Crippen LogP contribution in [0.2, 0.25) is 0 Å². The Bertz CT molecular complexity index is 444. The first-order valence-electron chi connectivity index (χ1n) is 7.76. The number of hydrogen-bond donors (Lipinski definition) is 1. The van der Waals surface area contributed by atoms with Crippen LogP contribution in [0, 0.1) is 10.2 Å². The number of carbonyl (C=O) groups excluding carboxylic acids is 1. The van der Waals surface area contributed by atoms with Gasteiger partial charge in [-0.3, -0.25) is 9.69 Å². The van der Waals surface area contributed by atoms with E-state index in [1.807, 2.05) is 0 Å². The zero-order valence-corrected chi connectivity index (χ0v) is 13.9.